The van der Waals surface area contributed by atoms with Gasteiger partial charge < -0.3 is 10.4 Å². The number of nitrogens with one attached hydrogen (secondary N) is 1. The van der Waals surface area contributed by atoms with Crippen molar-refractivity contribution in [1.29, 1.82) is 0 Å². The second kappa shape index (κ2) is 6.63. The Balaban J connectivity index is 2.25. The van der Waals surface area contributed by atoms with Gasteiger partial charge in [-0.05, 0) is 37.6 Å². The number of phenolic OH excluding ortho intramolecular Hbond substituents is 1. The van der Waals surface area contributed by atoms with Gasteiger partial charge in [0.15, 0.2) is 11.6 Å². The molecule has 6 heteroatoms. The molecule has 134 valence electrons. The molecule has 2 aromatic carbocycles. The standard InChI is InChI=1S/C20H19FN2O3/c1-11-4-6-13(7-5-11)20(26)23-12(2)14(9-19(25)22-3)15-8-18(24)16(21)10-17(15)23/h4-8,10,24H,9H2,1-3H3,(H,22,25). The van der Waals surface area contributed by atoms with E-state index in [4.69, 9.17) is 0 Å². The van der Waals surface area contributed by atoms with Crippen molar-refractivity contribution in [2.45, 2.75) is 20.3 Å². The summed E-state index contributed by atoms with van der Waals surface area (Å²) < 4.78 is 15.4. The van der Waals surface area contributed by atoms with Crippen molar-refractivity contribution in [2.24, 2.45) is 0 Å². The average Bonchev–Trinajstić information content (AvgIpc) is 2.87. The Bertz CT molecular complexity index is 1020. The molecule has 0 aliphatic carbocycles. The molecule has 2 N–H and O–H groups in total. The number of carbonyl (C=O) groups excluding carboxylic acids is 2. The van der Waals surface area contributed by atoms with Gasteiger partial charge in [-0.15, -0.1) is 0 Å². The van der Waals surface area contributed by atoms with Crippen molar-refractivity contribution in [3.05, 3.63) is 64.6 Å². The van der Waals surface area contributed by atoms with E-state index < -0.39 is 11.6 Å². The van der Waals surface area contributed by atoms with E-state index in [2.05, 4.69) is 5.32 Å². The summed E-state index contributed by atoms with van der Waals surface area (Å²) in [5.41, 5.74) is 2.92. The summed E-state index contributed by atoms with van der Waals surface area (Å²) in [4.78, 5) is 24.9. The van der Waals surface area contributed by atoms with Crippen LogP contribution in [0.15, 0.2) is 36.4 Å². The van der Waals surface area contributed by atoms with E-state index in [1.54, 1.807) is 19.1 Å². The Hall–Kier alpha value is -3.15. The summed E-state index contributed by atoms with van der Waals surface area (Å²) in [5.74, 6) is -1.89. The van der Waals surface area contributed by atoms with Crippen LogP contribution in [0.3, 0.4) is 0 Å². The first kappa shape index (κ1) is 17.7. The number of carbonyl (C=O) groups is 2. The quantitative estimate of drug-likeness (QED) is 0.759. The van der Waals surface area contributed by atoms with Crippen LogP contribution in [0.4, 0.5) is 4.39 Å². The maximum atomic E-state index is 14.0. The summed E-state index contributed by atoms with van der Waals surface area (Å²) in [7, 11) is 1.52. The lowest BCUT2D eigenvalue weighted by Gasteiger charge is -2.08. The number of aryl methyl sites for hydroxylation is 1. The molecule has 3 aromatic rings. The molecular formula is C20H19FN2O3. The van der Waals surface area contributed by atoms with Crippen LogP contribution in [0.2, 0.25) is 0 Å². The van der Waals surface area contributed by atoms with E-state index >= 15 is 0 Å². The van der Waals surface area contributed by atoms with E-state index in [0.717, 1.165) is 11.6 Å². The molecule has 1 aromatic heterocycles. The second-order valence-electron chi connectivity index (χ2n) is 6.24. The highest BCUT2D eigenvalue weighted by Crippen LogP contribution is 2.32. The van der Waals surface area contributed by atoms with E-state index in [9.17, 15) is 19.1 Å². The molecule has 1 heterocycles. The molecule has 0 spiro atoms. The van der Waals surface area contributed by atoms with Crippen molar-refractivity contribution in [2.75, 3.05) is 7.05 Å². The number of hydrogen-bond acceptors (Lipinski definition) is 3. The third-order valence-electron chi connectivity index (χ3n) is 4.52. The van der Waals surface area contributed by atoms with Crippen LogP contribution in [0.25, 0.3) is 10.9 Å². The first-order valence-corrected chi connectivity index (χ1v) is 8.17. The number of phenols is 1. The molecule has 5 nitrogen and oxygen atoms in total. The number of aromatic hydroxyl groups is 1. The Morgan fingerprint density at radius 1 is 1.15 bits per heavy atom. The molecule has 0 saturated carbocycles. The number of benzene rings is 2. The Kier molecular flexibility index (Phi) is 4.50. The van der Waals surface area contributed by atoms with Gasteiger partial charge in [-0.25, -0.2) is 4.39 Å². The van der Waals surface area contributed by atoms with Crippen molar-refractivity contribution in [3.63, 3.8) is 0 Å². The first-order valence-electron chi connectivity index (χ1n) is 8.17. The molecule has 26 heavy (non-hydrogen) atoms. The normalized spacial score (nSPS) is 10.9. The molecular weight excluding hydrogens is 335 g/mol. The molecule has 0 atom stereocenters. The van der Waals surface area contributed by atoms with Crippen LogP contribution >= 0.6 is 0 Å². The molecule has 0 unspecified atom stereocenters. The molecule has 3 rings (SSSR count). The minimum Gasteiger partial charge on any atom is -0.505 e. The van der Waals surface area contributed by atoms with E-state index in [1.807, 2.05) is 19.1 Å². The number of rotatable bonds is 3. The average molecular weight is 354 g/mol. The van der Waals surface area contributed by atoms with E-state index in [0.29, 0.717) is 27.7 Å². The van der Waals surface area contributed by atoms with Crippen LogP contribution in [0.5, 0.6) is 5.75 Å². The lowest BCUT2D eigenvalue weighted by atomic mass is 10.1. The van der Waals surface area contributed by atoms with Crippen LogP contribution in [-0.4, -0.2) is 28.5 Å². The summed E-state index contributed by atoms with van der Waals surface area (Å²) in [5, 5.41) is 12.8. The van der Waals surface area contributed by atoms with Gasteiger partial charge in [0, 0.05) is 29.8 Å². The number of nitrogens with zero attached hydrogens (tertiary/aromatic N) is 1. The minimum atomic E-state index is -0.820. The van der Waals surface area contributed by atoms with Crippen molar-refractivity contribution in [3.8, 4) is 5.75 Å². The largest absolute Gasteiger partial charge is 0.505 e. The SMILES string of the molecule is CNC(=O)Cc1c(C)n(C(=O)c2ccc(C)cc2)c2cc(F)c(O)cc12. The lowest BCUT2D eigenvalue weighted by Crippen LogP contribution is -2.20. The van der Waals surface area contributed by atoms with Gasteiger partial charge in [-0.3, -0.25) is 14.2 Å². The molecule has 0 aliphatic heterocycles. The molecule has 1 amide bonds. The van der Waals surface area contributed by atoms with Crippen molar-refractivity contribution >= 4 is 22.7 Å². The Labute approximate surface area is 150 Å². The zero-order chi connectivity index (χ0) is 19.0. The fraction of sp³-hybridized carbons (Fsp3) is 0.200. The second-order valence-corrected chi connectivity index (χ2v) is 6.24. The highest BCUT2D eigenvalue weighted by Gasteiger charge is 2.22. The molecule has 0 bridgehead atoms. The maximum Gasteiger partial charge on any atom is 0.262 e. The number of halogens is 1. The van der Waals surface area contributed by atoms with Crippen LogP contribution in [-0.2, 0) is 11.2 Å². The predicted molar refractivity (Wildman–Crippen MR) is 97.0 cm³/mol. The first-order chi connectivity index (χ1) is 12.3. The van der Waals surface area contributed by atoms with Crippen LogP contribution in [0.1, 0.15) is 27.2 Å². The van der Waals surface area contributed by atoms with Gasteiger partial charge in [-0.2, -0.15) is 0 Å². The lowest BCUT2D eigenvalue weighted by molar-refractivity contribution is -0.119. The molecule has 0 aliphatic rings. The molecule has 0 saturated heterocycles. The highest BCUT2D eigenvalue weighted by atomic mass is 19.1. The zero-order valence-corrected chi connectivity index (χ0v) is 14.8. The minimum absolute atomic E-state index is 0.0259. The van der Waals surface area contributed by atoms with E-state index in [1.165, 1.54) is 17.7 Å². The maximum absolute atomic E-state index is 14.0. The predicted octanol–water partition coefficient (Wildman–Crippen LogP) is 3.08. The van der Waals surface area contributed by atoms with Crippen molar-refractivity contribution < 1.29 is 19.1 Å². The fourth-order valence-electron chi connectivity index (χ4n) is 3.05. The van der Waals surface area contributed by atoms with E-state index in [-0.39, 0.29) is 18.2 Å². The van der Waals surface area contributed by atoms with Crippen molar-refractivity contribution in [1.82, 2.24) is 9.88 Å². The van der Waals surface area contributed by atoms with Gasteiger partial charge in [0.25, 0.3) is 5.91 Å². The monoisotopic (exact) mass is 354 g/mol. The summed E-state index contributed by atoms with van der Waals surface area (Å²) in [6, 6.07) is 9.44. The number of amides is 1. The Morgan fingerprint density at radius 2 is 1.81 bits per heavy atom. The molecule has 0 radical (unpaired) electrons. The Morgan fingerprint density at radius 3 is 2.42 bits per heavy atom. The number of hydrogen-bond donors (Lipinski definition) is 2. The summed E-state index contributed by atoms with van der Waals surface area (Å²) in [6.07, 6.45) is 0.0259. The van der Waals surface area contributed by atoms with Gasteiger partial charge >= 0.3 is 0 Å². The number of fused-ring (bicyclic) bond motifs is 1. The van der Waals surface area contributed by atoms with Crippen LogP contribution < -0.4 is 5.32 Å². The van der Waals surface area contributed by atoms with Gasteiger partial charge in [0.05, 0.1) is 11.9 Å². The fourth-order valence-corrected chi connectivity index (χ4v) is 3.05. The van der Waals surface area contributed by atoms with Gasteiger partial charge in [-0.1, -0.05) is 17.7 Å². The summed E-state index contributed by atoms with van der Waals surface area (Å²) >= 11 is 0. The van der Waals surface area contributed by atoms with Gasteiger partial charge in [0.2, 0.25) is 5.91 Å². The topological polar surface area (TPSA) is 71.3 Å². The summed E-state index contributed by atoms with van der Waals surface area (Å²) in [6.45, 7) is 3.63. The third-order valence-corrected chi connectivity index (χ3v) is 4.52. The third kappa shape index (κ3) is 2.94. The number of likely N-dealkylation sites (N-methyl/N-ethyl adjacent to an activating group) is 1. The van der Waals surface area contributed by atoms with Gasteiger partial charge in [0.1, 0.15) is 0 Å². The smallest absolute Gasteiger partial charge is 0.262 e. The molecule has 0 fully saturated rings. The number of aromatic nitrogens is 1. The van der Waals surface area contributed by atoms with Crippen LogP contribution in [0, 0.1) is 19.7 Å². The highest BCUT2D eigenvalue weighted by molar-refractivity contribution is 6.05. The zero-order valence-electron chi connectivity index (χ0n) is 14.8.